The highest BCUT2D eigenvalue weighted by Crippen LogP contribution is 2.22. The summed E-state index contributed by atoms with van der Waals surface area (Å²) in [5.74, 6) is 0.716. The number of fused-ring (bicyclic) bond motifs is 1. The molecule has 7 nitrogen and oxygen atoms in total. The Morgan fingerprint density at radius 2 is 1.79 bits per heavy atom. The van der Waals surface area contributed by atoms with E-state index >= 15 is 0 Å². The topological polar surface area (TPSA) is 67.5 Å². The quantitative estimate of drug-likeness (QED) is 0.586. The molecule has 0 radical (unpaired) electrons. The number of piperidine rings is 1. The third-order valence-corrected chi connectivity index (χ3v) is 7.13. The van der Waals surface area contributed by atoms with Gasteiger partial charge in [-0.15, -0.1) is 0 Å². The second-order valence-electron chi connectivity index (χ2n) is 9.26. The van der Waals surface area contributed by atoms with Crippen molar-refractivity contribution in [3.63, 3.8) is 0 Å². The molecule has 0 aliphatic carbocycles. The summed E-state index contributed by atoms with van der Waals surface area (Å²) in [5.41, 5.74) is 3.47. The Bertz CT molecular complexity index is 1110. The van der Waals surface area contributed by atoms with Crippen molar-refractivity contribution < 1.29 is 9.18 Å². The number of nitrogens with one attached hydrogen (secondary N) is 2. The molecular formula is C26H33FN6O. The number of rotatable bonds is 6. The number of anilines is 1. The van der Waals surface area contributed by atoms with Gasteiger partial charge in [0.15, 0.2) is 0 Å². The largest absolute Gasteiger partial charge is 0.371 e. The fourth-order valence-electron chi connectivity index (χ4n) is 4.97. The van der Waals surface area contributed by atoms with Gasteiger partial charge in [0, 0.05) is 56.6 Å². The highest BCUT2D eigenvalue weighted by atomic mass is 19.1. The first kappa shape index (κ1) is 22.8. The van der Waals surface area contributed by atoms with Gasteiger partial charge in [-0.25, -0.2) is 9.37 Å². The molecule has 0 saturated carbocycles. The lowest BCUT2D eigenvalue weighted by Gasteiger charge is -2.35. The number of benzene rings is 2. The summed E-state index contributed by atoms with van der Waals surface area (Å²) < 4.78 is 13.4. The molecule has 0 unspecified atom stereocenters. The van der Waals surface area contributed by atoms with Crippen molar-refractivity contribution in [1.82, 2.24) is 25.1 Å². The van der Waals surface area contributed by atoms with Gasteiger partial charge in [-0.3, -0.25) is 4.79 Å². The van der Waals surface area contributed by atoms with Gasteiger partial charge in [0.25, 0.3) is 5.91 Å². The summed E-state index contributed by atoms with van der Waals surface area (Å²) in [4.78, 5) is 27.3. The molecule has 180 valence electrons. The van der Waals surface area contributed by atoms with Crippen molar-refractivity contribution in [2.45, 2.75) is 32.4 Å². The molecule has 2 aliphatic heterocycles. The van der Waals surface area contributed by atoms with E-state index in [0.717, 1.165) is 81.1 Å². The number of hydrogen-bond acceptors (Lipinski definition) is 5. The molecule has 3 heterocycles. The van der Waals surface area contributed by atoms with Gasteiger partial charge in [0.2, 0.25) is 0 Å². The van der Waals surface area contributed by atoms with Crippen LogP contribution < -0.4 is 10.2 Å². The van der Waals surface area contributed by atoms with Crippen molar-refractivity contribution in [2.24, 2.45) is 0 Å². The number of likely N-dealkylation sites (N-methyl/N-ethyl adjacent to an activating group) is 1. The molecule has 2 fully saturated rings. The predicted molar refractivity (Wildman–Crippen MR) is 133 cm³/mol. The molecule has 5 rings (SSSR count). The van der Waals surface area contributed by atoms with E-state index < -0.39 is 0 Å². The normalized spacial score (nSPS) is 18.1. The molecule has 2 aliphatic rings. The van der Waals surface area contributed by atoms with Crippen LogP contribution in [0, 0.1) is 5.82 Å². The summed E-state index contributed by atoms with van der Waals surface area (Å²) in [7, 11) is 0. The monoisotopic (exact) mass is 464 g/mol. The van der Waals surface area contributed by atoms with Crippen LogP contribution >= 0.6 is 0 Å². The number of carbonyl (C=O) groups is 1. The number of piperazine rings is 1. The minimum absolute atomic E-state index is 0.138. The molecule has 2 aromatic carbocycles. The van der Waals surface area contributed by atoms with Crippen molar-refractivity contribution >= 4 is 22.6 Å². The van der Waals surface area contributed by atoms with E-state index in [1.807, 2.05) is 17.0 Å². The van der Waals surface area contributed by atoms with Crippen LogP contribution in [0.25, 0.3) is 11.0 Å². The van der Waals surface area contributed by atoms with Crippen molar-refractivity contribution in [1.29, 1.82) is 0 Å². The third-order valence-electron chi connectivity index (χ3n) is 7.13. The van der Waals surface area contributed by atoms with Crippen molar-refractivity contribution in [3.8, 4) is 0 Å². The first-order chi connectivity index (χ1) is 16.6. The molecule has 2 N–H and O–H groups in total. The minimum Gasteiger partial charge on any atom is -0.371 e. The van der Waals surface area contributed by atoms with Crippen LogP contribution in [-0.2, 0) is 6.54 Å². The van der Waals surface area contributed by atoms with E-state index in [1.165, 1.54) is 17.8 Å². The van der Waals surface area contributed by atoms with Gasteiger partial charge in [0.1, 0.15) is 11.6 Å². The van der Waals surface area contributed by atoms with Gasteiger partial charge in [0.05, 0.1) is 17.6 Å². The van der Waals surface area contributed by atoms with E-state index in [0.29, 0.717) is 12.6 Å². The molecular weight excluding hydrogens is 431 g/mol. The van der Waals surface area contributed by atoms with Gasteiger partial charge < -0.3 is 25.0 Å². The Labute approximate surface area is 199 Å². The number of aromatic amines is 1. The van der Waals surface area contributed by atoms with Crippen LogP contribution in [0.2, 0.25) is 0 Å². The van der Waals surface area contributed by atoms with Crippen LogP contribution in [0.15, 0.2) is 42.5 Å². The summed E-state index contributed by atoms with van der Waals surface area (Å²) in [6.45, 7) is 9.31. The number of amides is 1. The second-order valence-corrected chi connectivity index (χ2v) is 9.26. The number of nitrogens with zero attached hydrogens (tertiary/aromatic N) is 4. The fourth-order valence-corrected chi connectivity index (χ4v) is 4.97. The van der Waals surface area contributed by atoms with Gasteiger partial charge in [-0.05, 0) is 61.9 Å². The molecule has 0 bridgehead atoms. The number of halogens is 1. The van der Waals surface area contributed by atoms with Gasteiger partial charge in [-0.1, -0.05) is 6.92 Å². The lowest BCUT2D eigenvalue weighted by Crippen LogP contribution is -2.48. The van der Waals surface area contributed by atoms with Crippen LogP contribution in [0.4, 0.5) is 10.1 Å². The van der Waals surface area contributed by atoms with Gasteiger partial charge in [-0.2, -0.15) is 0 Å². The zero-order valence-electron chi connectivity index (χ0n) is 19.8. The van der Waals surface area contributed by atoms with Crippen LogP contribution in [0.1, 0.15) is 35.9 Å². The molecule has 0 spiro atoms. The number of imidazole rings is 1. The number of H-pyrrole nitrogens is 1. The number of carbonyl (C=O) groups excluding carboxylic acids is 1. The highest BCUT2D eigenvalue weighted by molar-refractivity contribution is 5.94. The third kappa shape index (κ3) is 5.08. The molecule has 1 aromatic heterocycles. The lowest BCUT2D eigenvalue weighted by atomic mass is 10.0. The fraction of sp³-hybridized carbons (Fsp3) is 0.462. The molecule has 0 atom stereocenters. The molecule has 2 saturated heterocycles. The summed E-state index contributed by atoms with van der Waals surface area (Å²) >= 11 is 0. The summed E-state index contributed by atoms with van der Waals surface area (Å²) in [6.07, 6.45) is 2.08. The van der Waals surface area contributed by atoms with Crippen LogP contribution in [0.5, 0.6) is 0 Å². The average molecular weight is 465 g/mol. The lowest BCUT2D eigenvalue weighted by molar-refractivity contribution is 0.0643. The van der Waals surface area contributed by atoms with Crippen molar-refractivity contribution in [3.05, 3.63) is 59.7 Å². The van der Waals surface area contributed by atoms with Gasteiger partial charge >= 0.3 is 0 Å². The van der Waals surface area contributed by atoms with Crippen molar-refractivity contribution in [2.75, 3.05) is 50.7 Å². The highest BCUT2D eigenvalue weighted by Gasteiger charge is 2.23. The van der Waals surface area contributed by atoms with Crippen LogP contribution in [0.3, 0.4) is 0 Å². The summed E-state index contributed by atoms with van der Waals surface area (Å²) in [6, 6.07) is 13.1. The zero-order valence-corrected chi connectivity index (χ0v) is 19.8. The van der Waals surface area contributed by atoms with E-state index in [4.69, 9.17) is 0 Å². The maximum Gasteiger partial charge on any atom is 0.253 e. The molecule has 3 aromatic rings. The van der Waals surface area contributed by atoms with E-state index in [1.54, 1.807) is 6.07 Å². The molecule has 8 heteroatoms. The maximum absolute atomic E-state index is 13.4. The first-order valence-corrected chi connectivity index (χ1v) is 12.3. The predicted octanol–water partition coefficient (Wildman–Crippen LogP) is 3.24. The average Bonchev–Trinajstić information content (AvgIpc) is 3.29. The Balaban J connectivity index is 1.10. The number of hydrogen-bond donors (Lipinski definition) is 2. The first-order valence-electron chi connectivity index (χ1n) is 12.3. The summed E-state index contributed by atoms with van der Waals surface area (Å²) in [5, 5.41) is 3.59. The number of aromatic nitrogens is 2. The zero-order chi connectivity index (χ0) is 23.5. The van der Waals surface area contributed by atoms with E-state index in [-0.39, 0.29) is 11.7 Å². The Morgan fingerprint density at radius 1 is 1.06 bits per heavy atom. The SMILES string of the molecule is CCN1CCN(C(=O)c2ccc(N3CCC(NCc4nc5ccc(F)cc5[nH]4)CC3)cc2)CC1. The maximum atomic E-state index is 13.4. The minimum atomic E-state index is -0.254. The van der Waals surface area contributed by atoms with E-state index in [2.05, 4.69) is 44.1 Å². The Kier molecular flexibility index (Phi) is 6.78. The Morgan fingerprint density at radius 3 is 2.50 bits per heavy atom. The smallest absolute Gasteiger partial charge is 0.253 e. The molecule has 1 amide bonds. The Hall–Kier alpha value is -2.97. The van der Waals surface area contributed by atoms with Crippen LogP contribution in [-0.4, -0.2) is 77.5 Å². The van der Waals surface area contributed by atoms with E-state index in [9.17, 15) is 9.18 Å². The second kappa shape index (κ2) is 10.1. The standard InChI is InChI=1S/C26H33FN6O/c1-2-31-13-15-33(16-14-31)26(34)19-3-6-22(7-4-19)32-11-9-21(10-12-32)28-18-25-29-23-8-5-20(27)17-24(23)30-25/h3-8,17,21,28H,2,9-16,18H2,1H3,(H,29,30). The molecule has 34 heavy (non-hydrogen) atoms.